The normalized spacial score (nSPS) is 17.1. The molecule has 7 heteroatoms. The van der Waals surface area contributed by atoms with Crippen LogP contribution in [0.5, 0.6) is 11.5 Å². The highest BCUT2D eigenvalue weighted by Gasteiger charge is 2.36. The van der Waals surface area contributed by atoms with Crippen molar-refractivity contribution in [2.24, 2.45) is 0 Å². The average Bonchev–Trinajstić information content (AvgIpc) is 3.23. The Morgan fingerprint density at radius 3 is 2.36 bits per heavy atom. The van der Waals surface area contributed by atoms with E-state index in [0.717, 1.165) is 5.56 Å². The summed E-state index contributed by atoms with van der Waals surface area (Å²) in [6.07, 6.45) is 0. The summed E-state index contributed by atoms with van der Waals surface area (Å²) in [7, 11) is 3.08. The molecule has 0 bridgehead atoms. The predicted octanol–water partition coefficient (Wildman–Crippen LogP) is 3.10. The summed E-state index contributed by atoms with van der Waals surface area (Å²) < 4.78 is 10.5. The van der Waals surface area contributed by atoms with Gasteiger partial charge in [-0.3, -0.25) is 9.59 Å². The fraction of sp³-hybridized carbons (Fsp3) is 0.333. The zero-order valence-corrected chi connectivity index (χ0v) is 17.0. The SMILES string of the molecule is COc1cc(OC)cc(C(=O)N2CSCC2C(=O)NC(C)c2ccccc2)c1. The largest absolute Gasteiger partial charge is 0.497 e. The lowest BCUT2D eigenvalue weighted by atomic mass is 10.1. The van der Waals surface area contributed by atoms with Crippen LogP contribution in [0.25, 0.3) is 0 Å². The van der Waals surface area contributed by atoms with Crippen molar-refractivity contribution in [1.82, 2.24) is 10.2 Å². The van der Waals surface area contributed by atoms with Crippen molar-refractivity contribution < 1.29 is 19.1 Å². The van der Waals surface area contributed by atoms with Crippen LogP contribution in [0, 0.1) is 0 Å². The number of hydrogen-bond acceptors (Lipinski definition) is 5. The molecule has 6 nitrogen and oxygen atoms in total. The van der Waals surface area contributed by atoms with Crippen LogP contribution in [0.4, 0.5) is 0 Å². The van der Waals surface area contributed by atoms with Crippen molar-refractivity contribution in [2.45, 2.75) is 19.0 Å². The monoisotopic (exact) mass is 400 g/mol. The van der Waals surface area contributed by atoms with E-state index in [1.54, 1.807) is 34.9 Å². The summed E-state index contributed by atoms with van der Waals surface area (Å²) in [4.78, 5) is 27.5. The molecule has 0 aromatic heterocycles. The summed E-state index contributed by atoms with van der Waals surface area (Å²) in [5.41, 5.74) is 1.46. The van der Waals surface area contributed by atoms with E-state index in [-0.39, 0.29) is 17.9 Å². The summed E-state index contributed by atoms with van der Waals surface area (Å²) >= 11 is 1.57. The second-order valence-corrected chi connectivity index (χ2v) is 7.53. The van der Waals surface area contributed by atoms with Gasteiger partial charge in [-0.2, -0.15) is 0 Å². The van der Waals surface area contributed by atoms with Gasteiger partial charge in [0.25, 0.3) is 5.91 Å². The highest BCUT2D eigenvalue weighted by molar-refractivity contribution is 7.99. The number of amides is 2. The fourth-order valence-corrected chi connectivity index (χ4v) is 4.25. The molecular formula is C21H24N2O4S. The Labute approximate surface area is 169 Å². The van der Waals surface area contributed by atoms with Crippen molar-refractivity contribution in [3.8, 4) is 11.5 Å². The number of carbonyl (C=O) groups is 2. The van der Waals surface area contributed by atoms with E-state index in [4.69, 9.17) is 9.47 Å². The lowest BCUT2D eigenvalue weighted by Crippen LogP contribution is -2.47. The number of nitrogens with zero attached hydrogens (tertiary/aromatic N) is 1. The Bertz CT molecular complexity index is 821. The lowest BCUT2D eigenvalue weighted by molar-refractivity contribution is -0.125. The van der Waals surface area contributed by atoms with Crippen LogP contribution in [-0.2, 0) is 4.79 Å². The summed E-state index contributed by atoms with van der Waals surface area (Å²) in [6, 6.07) is 14.2. The van der Waals surface area contributed by atoms with Crippen LogP contribution < -0.4 is 14.8 Å². The van der Waals surface area contributed by atoms with E-state index in [1.165, 1.54) is 14.2 Å². The number of thioether (sulfide) groups is 1. The Morgan fingerprint density at radius 2 is 1.75 bits per heavy atom. The standard InChI is InChI=1S/C21H24N2O4S/c1-14(15-7-5-4-6-8-15)22-20(24)19-12-28-13-23(19)21(25)16-9-17(26-2)11-18(10-16)27-3/h4-11,14,19H,12-13H2,1-3H3,(H,22,24). The van der Waals surface area contributed by atoms with Crippen LogP contribution in [0.3, 0.4) is 0 Å². The number of methoxy groups -OCH3 is 2. The molecule has 2 amide bonds. The number of carbonyl (C=O) groups excluding carboxylic acids is 2. The number of benzene rings is 2. The van der Waals surface area contributed by atoms with E-state index >= 15 is 0 Å². The van der Waals surface area contributed by atoms with Gasteiger partial charge in [0.05, 0.1) is 26.1 Å². The smallest absolute Gasteiger partial charge is 0.255 e. The third-order valence-corrected chi connectivity index (χ3v) is 5.71. The molecule has 2 unspecified atom stereocenters. The first kappa shape index (κ1) is 20.1. The lowest BCUT2D eigenvalue weighted by Gasteiger charge is -2.25. The number of nitrogens with one attached hydrogen (secondary N) is 1. The van der Waals surface area contributed by atoms with Crippen LogP contribution in [0.15, 0.2) is 48.5 Å². The third-order valence-electron chi connectivity index (χ3n) is 4.70. The van der Waals surface area contributed by atoms with Crippen molar-refractivity contribution >= 4 is 23.6 Å². The molecule has 1 aliphatic heterocycles. The number of hydrogen-bond donors (Lipinski definition) is 1. The Kier molecular flexibility index (Phi) is 6.46. The summed E-state index contributed by atoms with van der Waals surface area (Å²) in [5, 5.41) is 3.02. The highest BCUT2D eigenvalue weighted by atomic mass is 32.2. The van der Waals surface area contributed by atoms with Crippen LogP contribution >= 0.6 is 11.8 Å². The Hall–Kier alpha value is -2.67. The molecule has 28 heavy (non-hydrogen) atoms. The minimum absolute atomic E-state index is 0.131. The first-order valence-electron chi connectivity index (χ1n) is 9.00. The molecule has 3 rings (SSSR count). The second-order valence-electron chi connectivity index (χ2n) is 6.53. The van der Waals surface area contributed by atoms with E-state index in [0.29, 0.717) is 28.7 Å². The maximum atomic E-state index is 13.1. The fourth-order valence-electron chi connectivity index (χ4n) is 3.09. The van der Waals surface area contributed by atoms with Gasteiger partial charge in [-0.25, -0.2) is 0 Å². The van der Waals surface area contributed by atoms with Gasteiger partial charge in [-0.05, 0) is 24.6 Å². The molecule has 0 radical (unpaired) electrons. The maximum absolute atomic E-state index is 13.1. The molecule has 1 aliphatic rings. The Morgan fingerprint density at radius 1 is 1.11 bits per heavy atom. The molecule has 148 valence electrons. The van der Waals surface area contributed by atoms with Gasteiger partial charge >= 0.3 is 0 Å². The van der Waals surface area contributed by atoms with Crippen LogP contribution in [-0.4, -0.2) is 48.6 Å². The quantitative estimate of drug-likeness (QED) is 0.807. The molecule has 2 atom stereocenters. The number of ether oxygens (including phenoxy) is 2. The molecule has 0 aliphatic carbocycles. The van der Waals surface area contributed by atoms with Gasteiger partial charge in [-0.15, -0.1) is 11.8 Å². The van der Waals surface area contributed by atoms with Gasteiger partial charge in [-0.1, -0.05) is 30.3 Å². The molecular weight excluding hydrogens is 376 g/mol. The summed E-state index contributed by atoms with van der Waals surface area (Å²) in [5.74, 6) is 1.75. The highest BCUT2D eigenvalue weighted by Crippen LogP contribution is 2.28. The molecule has 1 fully saturated rings. The molecule has 1 heterocycles. The van der Waals surface area contributed by atoms with Gasteiger partial charge in [0.2, 0.25) is 5.91 Å². The van der Waals surface area contributed by atoms with Gasteiger partial charge in [0.15, 0.2) is 0 Å². The van der Waals surface area contributed by atoms with E-state index in [1.807, 2.05) is 37.3 Å². The molecule has 2 aromatic carbocycles. The van der Waals surface area contributed by atoms with Crippen LogP contribution in [0.2, 0.25) is 0 Å². The van der Waals surface area contributed by atoms with Crippen LogP contribution in [0.1, 0.15) is 28.9 Å². The maximum Gasteiger partial charge on any atom is 0.255 e. The molecule has 2 aromatic rings. The Balaban J connectivity index is 1.75. The average molecular weight is 401 g/mol. The number of rotatable bonds is 6. The zero-order chi connectivity index (χ0) is 20.1. The first-order valence-corrected chi connectivity index (χ1v) is 10.2. The van der Waals surface area contributed by atoms with E-state index < -0.39 is 6.04 Å². The third kappa shape index (κ3) is 4.42. The van der Waals surface area contributed by atoms with Crippen molar-refractivity contribution in [1.29, 1.82) is 0 Å². The molecule has 1 N–H and O–H groups in total. The minimum Gasteiger partial charge on any atom is -0.497 e. The van der Waals surface area contributed by atoms with Crippen molar-refractivity contribution in [2.75, 3.05) is 25.8 Å². The van der Waals surface area contributed by atoms with E-state index in [2.05, 4.69) is 5.32 Å². The van der Waals surface area contributed by atoms with Crippen molar-refractivity contribution in [3.05, 3.63) is 59.7 Å². The predicted molar refractivity (Wildman–Crippen MR) is 110 cm³/mol. The van der Waals surface area contributed by atoms with Crippen molar-refractivity contribution in [3.63, 3.8) is 0 Å². The molecule has 0 spiro atoms. The molecule has 0 saturated carbocycles. The zero-order valence-electron chi connectivity index (χ0n) is 16.2. The van der Waals surface area contributed by atoms with Gasteiger partial charge < -0.3 is 19.7 Å². The van der Waals surface area contributed by atoms with E-state index in [9.17, 15) is 9.59 Å². The summed E-state index contributed by atoms with van der Waals surface area (Å²) in [6.45, 7) is 1.94. The topological polar surface area (TPSA) is 67.9 Å². The minimum atomic E-state index is -0.513. The van der Waals surface area contributed by atoms with Gasteiger partial charge in [0, 0.05) is 17.4 Å². The second kappa shape index (κ2) is 9.01. The first-order chi connectivity index (χ1) is 13.5. The van der Waals surface area contributed by atoms with Gasteiger partial charge in [0.1, 0.15) is 17.5 Å². The molecule has 1 saturated heterocycles.